The number of rotatable bonds is 5. The lowest BCUT2D eigenvalue weighted by Crippen LogP contribution is -2.41. The molecule has 2 heterocycles. The van der Waals surface area contributed by atoms with E-state index in [4.69, 9.17) is 23.2 Å². The second-order valence-corrected chi connectivity index (χ2v) is 8.82. The molecule has 1 saturated heterocycles. The summed E-state index contributed by atoms with van der Waals surface area (Å²) in [6.45, 7) is 3.82. The van der Waals surface area contributed by atoms with Crippen molar-refractivity contribution in [3.63, 3.8) is 0 Å². The Kier molecular flexibility index (Phi) is 6.17. The van der Waals surface area contributed by atoms with E-state index in [0.29, 0.717) is 15.6 Å². The molecule has 178 valence electrons. The van der Waals surface area contributed by atoms with Gasteiger partial charge in [-0.15, -0.1) is 0 Å². The molecule has 1 aromatic heterocycles. The molecule has 4 N–H and O–H groups in total. The summed E-state index contributed by atoms with van der Waals surface area (Å²) in [5.41, 5.74) is -1.62. The number of aromatic nitrogens is 1. The minimum Gasteiger partial charge on any atom is -0.374 e. The Labute approximate surface area is 203 Å². The van der Waals surface area contributed by atoms with Gasteiger partial charge < -0.3 is 25.5 Å². The molecular formula is C23H20Cl2FN3O5. The SMILES string of the molecule is C=CC(=O)N1CCC(Nc2ccc3ccn(C(O)(O)O)c(=O)c3c2)(c2c(F)ccc(Cl)c2Cl)C1. The fourth-order valence-electron chi connectivity index (χ4n) is 4.29. The zero-order valence-corrected chi connectivity index (χ0v) is 19.1. The lowest BCUT2D eigenvalue weighted by atomic mass is 9.87. The number of anilines is 1. The highest BCUT2D eigenvalue weighted by Gasteiger charge is 2.44. The molecule has 0 spiro atoms. The van der Waals surface area contributed by atoms with Gasteiger partial charge in [0.1, 0.15) is 5.82 Å². The van der Waals surface area contributed by atoms with Crippen LogP contribution in [0, 0.1) is 5.82 Å². The van der Waals surface area contributed by atoms with E-state index in [-0.39, 0.29) is 46.4 Å². The van der Waals surface area contributed by atoms with Gasteiger partial charge in [-0.25, -0.2) is 8.96 Å². The molecule has 3 aromatic rings. The predicted octanol–water partition coefficient (Wildman–Crippen LogP) is 2.72. The minimum absolute atomic E-state index is 0.00385. The summed E-state index contributed by atoms with van der Waals surface area (Å²) in [4.78, 5) is 26.5. The Morgan fingerprint density at radius 1 is 1.21 bits per heavy atom. The molecule has 0 saturated carbocycles. The highest BCUT2D eigenvalue weighted by Crippen LogP contribution is 2.43. The van der Waals surface area contributed by atoms with Gasteiger partial charge in [0, 0.05) is 35.9 Å². The Hall–Kier alpha value is -2.95. The van der Waals surface area contributed by atoms with Crippen LogP contribution in [0.15, 0.2) is 60.0 Å². The monoisotopic (exact) mass is 507 g/mol. The molecule has 0 aliphatic carbocycles. The van der Waals surface area contributed by atoms with Crippen LogP contribution in [0.2, 0.25) is 10.0 Å². The molecule has 4 rings (SSSR count). The van der Waals surface area contributed by atoms with E-state index in [1.165, 1.54) is 29.2 Å². The summed E-state index contributed by atoms with van der Waals surface area (Å²) in [6.07, 6.45) is -0.913. The van der Waals surface area contributed by atoms with Crippen LogP contribution in [0.5, 0.6) is 0 Å². The topological polar surface area (TPSA) is 115 Å². The second kappa shape index (κ2) is 8.68. The molecule has 1 aliphatic rings. The number of likely N-dealkylation sites (tertiary alicyclic amines) is 1. The highest BCUT2D eigenvalue weighted by atomic mass is 35.5. The number of amides is 1. The third-order valence-corrected chi connectivity index (χ3v) is 6.69. The van der Waals surface area contributed by atoms with Gasteiger partial charge in [0.2, 0.25) is 5.91 Å². The minimum atomic E-state index is -3.38. The van der Waals surface area contributed by atoms with Crippen molar-refractivity contribution >= 4 is 45.6 Å². The van der Waals surface area contributed by atoms with E-state index in [2.05, 4.69) is 11.9 Å². The predicted molar refractivity (Wildman–Crippen MR) is 126 cm³/mol. The first kappa shape index (κ1) is 24.2. The van der Waals surface area contributed by atoms with Crippen LogP contribution in [-0.4, -0.2) is 43.8 Å². The number of benzene rings is 2. The van der Waals surface area contributed by atoms with Crippen molar-refractivity contribution in [1.29, 1.82) is 0 Å². The van der Waals surface area contributed by atoms with Crippen molar-refractivity contribution in [2.45, 2.75) is 18.1 Å². The van der Waals surface area contributed by atoms with Crippen molar-refractivity contribution in [3.8, 4) is 0 Å². The molecule has 0 radical (unpaired) electrons. The Balaban J connectivity index is 1.86. The van der Waals surface area contributed by atoms with E-state index >= 15 is 4.39 Å². The Morgan fingerprint density at radius 3 is 2.62 bits per heavy atom. The van der Waals surface area contributed by atoms with Gasteiger partial charge in [-0.2, -0.15) is 0 Å². The van der Waals surface area contributed by atoms with E-state index in [1.54, 1.807) is 12.1 Å². The second-order valence-electron chi connectivity index (χ2n) is 8.03. The van der Waals surface area contributed by atoms with Gasteiger partial charge in [-0.1, -0.05) is 35.8 Å². The number of halogens is 3. The number of fused-ring (bicyclic) bond motifs is 1. The molecule has 11 heteroatoms. The first-order valence-electron chi connectivity index (χ1n) is 10.1. The van der Waals surface area contributed by atoms with Crippen LogP contribution in [0.1, 0.15) is 12.0 Å². The van der Waals surface area contributed by atoms with E-state index in [0.717, 1.165) is 12.3 Å². The summed E-state index contributed by atoms with van der Waals surface area (Å²) < 4.78 is 15.4. The molecule has 0 bridgehead atoms. The van der Waals surface area contributed by atoms with Crippen LogP contribution in [-0.2, 0) is 16.4 Å². The molecule has 1 fully saturated rings. The summed E-state index contributed by atoms with van der Waals surface area (Å²) >= 11 is 12.6. The number of nitrogens with zero attached hydrogens (tertiary/aromatic N) is 2. The van der Waals surface area contributed by atoms with Crippen LogP contribution in [0.4, 0.5) is 10.1 Å². The van der Waals surface area contributed by atoms with E-state index in [1.807, 2.05) is 0 Å². The van der Waals surface area contributed by atoms with Crippen molar-refractivity contribution in [3.05, 3.63) is 87.0 Å². The molecular weight excluding hydrogens is 488 g/mol. The smallest absolute Gasteiger partial charge is 0.374 e. The molecule has 34 heavy (non-hydrogen) atoms. The number of hydrogen-bond donors (Lipinski definition) is 4. The van der Waals surface area contributed by atoms with E-state index in [9.17, 15) is 24.9 Å². The van der Waals surface area contributed by atoms with Crippen LogP contribution in [0.3, 0.4) is 0 Å². The fraction of sp³-hybridized carbons (Fsp3) is 0.217. The lowest BCUT2D eigenvalue weighted by molar-refractivity contribution is -0.376. The summed E-state index contributed by atoms with van der Waals surface area (Å²) in [6, 6.07) is 8.61. The molecule has 1 atom stereocenters. The molecule has 8 nitrogen and oxygen atoms in total. The largest absolute Gasteiger partial charge is 0.376 e. The van der Waals surface area contributed by atoms with Gasteiger partial charge in [0.25, 0.3) is 5.56 Å². The summed E-state index contributed by atoms with van der Waals surface area (Å²) in [7, 11) is 0. The number of hydrogen-bond acceptors (Lipinski definition) is 6. The average molecular weight is 508 g/mol. The van der Waals surface area contributed by atoms with Crippen LogP contribution >= 0.6 is 23.2 Å². The Morgan fingerprint density at radius 2 is 1.94 bits per heavy atom. The van der Waals surface area contributed by atoms with Crippen molar-refractivity contribution < 1.29 is 24.5 Å². The maximum atomic E-state index is 15.1. The number of nitrogens with one attached hydrogen (secondary N) is 1. The van der Waals surface area contributed by atoms with Crippen LogP contribution < -0.4 is 10.9 Å². The van der Waals surface area contributed by atoms with Gasteiger partial charge in [-0.3, -0.25) is 9.59 Å². The lowest BCUT2D eigenvalue weighted by Gasteiger charge is -2.33. The first-order chi connectivity index (χ1) is 16.0. The van der Waals surface area contributed by atoms with Gasteiger partial charge in [-0.05, 0) is 48.2 Å². The number of aliphatic hydroxyl groups is 3. The van der Waals surface area contributed by atoms with Crippen LogP contribution in [0.25, 0.3) is 10.8 Å². The summed E-state index contributed by atoms with van der Waals surface area (Å²) in [5.74, 6) is -0.961. The average Bonchev–Trinajstić information content (AvgIpc) is 3.20. The Bertz CT molecular complexity index is 1370. The van der Waals surface area contributed by atoms with E-state index < -0.39 is 23.0 Å². The molecule has 1 amide bonds. The highest BCUT2D eigenvalue weighted by molar-refractivity contribution is 6.42. The number of carbonyl (C=O) groups is 1. The maximum absolute atomic E-state index is 15.1. The van der Waals surface area contributed by atoms with Gasteiger partial charge in [0.15, 0.2) is 0 Å². The van der Waals surface area contributed by atoms with Crippen molar-refractivity contribution in [2.75, 3.05) is 18.4 Å². The third kappa shape index (κ3) is 4.17. The first-order valence-corrected chi connectivity index (χ1v) is 10.9. The molecule has 1 aliphatic heterocycles. The quantitative estimate of drug-likeness (QED) is 0.240. The molecule has 2 aromatic carbocycles. The zero-order valence-electron chi connectivity index (χ0n) is 17.6. The molecule has 1 unspecified atom stereocenters. The number of carbonyl (C=O) groups excluding carboxylic acids is 1. The third-order valence-electron chi connectivity index (χ3n) is 5.89. The van der Waals surface area contributed by atoms with Gasteiger partial charge in [0.05, 0.1) is 15.6 Å². The van der Waals surface area contributed by atoms with Crippen molar-refractivity contribution in [2.24, 2.45) is 0 Å². The summed E-state index contributed by atoms with van der Waals surface area (Å²) in [5, 5.41) is 32.2. The van der Waals surface area contributed by atoms with Crippen molar-refractivity contribution in [1.82, 2.24) is 9.47 Å². The fourth-order valence-corrected chi connectivity index (χ4v) is 4.78. The number of pyridine rings is 1. The maximum Gasteiger partial charge on any atom is 0.376 e. The standard InChI is InChI=1S/C23H20Cl2FN3O5/c1-2-18(30)28-10-8-22(12-28,19-17(26)6-5-16(24)20(19)25)27-14-4-3-13-7-9-29(23(32,33)34)21(31)15(13)11-14/h2-7,9,11,27,32-34H,1,8,10,12H2. The van der Waals surface area contributed by atoms with Gasteiger partial charge >= 0.3 is 6.10 Å². The normalized spacial score (nSPS) is 18.4. The zero-order chi connectivity index (χ0) is 24.8.